The van der Waals surface area contributed by atoms with Crippen molar-refractivity contribution < 1.29 is 4.79 Å². The van der Waals surface area contributed by atoms with Crippen molar-refractivity contribution in [3.05, 3.63) is 54.0 Å². The van der Waals surface area contributed by atoms with Gasteiger partial charge >= 0.3 is 6.03 Å². The third-order valence-electron chi connectivity index (χ3n) is 8.63. The van der Waals surface area contributed by atoms with E-state index in [2.05, 4.69) is 65.5 Å². The molecule has 2 aliphatic rings. The summed E-state index contributed by atoms with van der Waals surface area (Å²) in [6, 6.07) is 14.5. The summed E-state index contributed by atoms with van der Waals surface area (Å²) in [7, 11) is 0. The zero-order valence-electron chi connectivity index (χ0n) is 20.6. The molecule has 2 aromatic rings. The van der Waals surface area contributed by atoms with E-state index in [1.807, 2.05) is 0 Å². The molecule has 1 aromatic carbocycles. The Balaban J connectivity index is 1.55. The van der Waals surface area contributed by atoms with Crippen LogP contribution in [0.2, 0.25) is 0 Å². The molecule has 4 rings (SSSR count). The fraction of sp³-hybridized carbons (Fsp3) is 0.571. The van der Waals surface area contributed by atoms with Crippen LogP contribution in [0.5, 0.6) is 0 Å². The number of amides is 2. The number of rotatable bonds is 8. The molecule has 0 bridgehead atoms. The van der Waals surface area contributed by atoms with Crippen LogP contribution in [0.25, 0.3) is 0 Å². The van der Waals surface area contributed by atoms with Gasteiger partial charge in [-0.05, 0) is 73.7 Å². The predicted octanol–water partition coefficient (Wildman–Crippen LogP) is 5.98. The summed E-state index contributed by atoms with van der Waals surface area (Å²) < 4.78 is 0. The molecular formula is C28H37N5O. The molecule has 1 aromatic heterocycles. The highest BCUT2D eigenvalue weighted by Gasteiger charge is 2.43. The van der Waals surface area contributed by atoms with E-state index in [9.17, 15) is 10.1 Å². The Morgan fingerprint density at radius 1 is 1.12 bits per heavy atom. The second-order valence-corrected chi connectivity index (χ2v) is 10.3. The smallest absolute Gasteiger partial charge is 0.323 e. The molecule has 2 aliphatic carbocycles. The third kappa shape index (κ3) is 5.09. The third-order valence-corrected chi connectivity index (χ3v) is 8.63. The number of hydrogen-bond acceptors (Lipinski definition) is 4. The Hall–Kier alpha value is -2.94. The molecule has 2 fully saturated rings. The van der Waals surface area contributed by atoms with Crippen molar-refractivity contribution >= 4 is 11.8 Å². The Morgan fingerprint density at radius 3 is 2.44 bits per heavy atom. The van der Waals surface area contributed by atoms with Gasteiger partial charge < -0.3 is 5.32 Å². The number of nitriles is 1. The molecule has 0 atom stereocenters. The first kappa shape index (κ1) is 24.2. The zero-order chi connectivity index (χ0) is 24.0. The SMILES string of the molecule is CCC1(CN(C(=O)NCC2CCC2)c2cc(C#N)ncn2)CCC(CC)(c2ccccc2)CC1. The van der Waals surface area contributed by atoms with Gasteiger partial charge in [0.05, 0.1) is 0 Å². The maximum atomic E-state index is 13.4. The van der Waals surface area contributed by atoms with Crippen molar-refractivity contribution in [3.8, 4) is 6.07 Å². The molecule has 0 spiro atoms. The molecule has 34 heavy (non-hydrogen) atoms. The lowest BCUT2D eigenvalue weighted by molar-refractivity contribution is 0.122. The Kier molecular flexibility index (Phi) is 7.50. The maximum absolute atomic E-state index is 13.4. The molecule has 0 radical (unpaired) electrons. The van der Waals surface area contributed by atoms with Crippen molar-refractivity contribution in [3.63, 3.8) is 0 Å². The average Bonchev–Trinajstić information content (AvgIpc) is 2.87. The standard InChI is InChI=1S/C28H37N5O/c1-3-27(13-15-28(4-2,16-14-27)23-11-6-5-7-12-23)20-33(25-17-24(18-29)31-21-32-25)26(34)30-19-22-9-8-10-22/h5-7,11-12,17,21-22H,3-4,8-10,13-16,19-20H2,1-2H3,(H,30,34). The first-order chi connectivity index (χ1) is 16.5. The number of anilines is 1. The topological polar surface area (TPSA) is 81.9 Å². The van der Waals surface area contributed by atoms with E-state index in [0.717, 1.165) is 38.5 Å². The van der Waals surface area contributed by atoms with Gasteiger partial charge in [-0.25, -0.2) is 14.8 Å². The molecule has 2 amide bonds. The minimum Gasteiger partial charge on any atom is -0.337 e. The molecule has 1 heterocycles. The number of nitrogens with one attached hydrogen (secondary N) is 1. The van der Waals surface area contributed by atoms with Crippen LogP contribution in [0.1, 0.15) is 82.9 Å². The molecule has 180 valence electrons. The Morgan fingerprint density at radius 2 is 1.85 bits per heavy atom. The highest BCUT2D eigenvalue weighted by molar-refractivity contribution is 5.91. The summed E-state index contributed by atoms with van der Waals surface area (Å²) in [5.74, 6) is 1.09. The lowest BCUT2D eigenvalue weighted by Crippen LogP contribution is -2.50. The van der Waals surface area contributed by atoms with E-state index >= 15 is 0 Å². The first-order valence-corrected chi connectivity index (χ1v) is 12.9. The number of hydrogen-bond donors (Lipinski definition) is 1. The van der Waals surface area contributed by atoms with Crippen molar-refractivity contribution in [2.75, 3.05) is 18.0 Å². The second kappa shape index (κ2) is 10.5. The summed E-state index contributed by atoms with van der Waals surface area (Å²) >= 11 is 0. The van der Waals surface area contributed by atoms with Crippen LogP contribution in [0, 0.1) is 22.7 Å². The van der Waals surface area contributed by atoms with Gasteiger partial charge in [-0.1, -0.05) is 50.6 Å². The Labute approximate surface area is 203 Å². The van der Waals surface area contributed by atoms with Gasteiger partial charge in [-0.3, -0.25) is 4.90 Å². The number of benzene rings is 1. The normalized spacial score (nSPS) is 24.6. The zero-order valence-corrected chi connectivity index (χ0v) is 20.6. The van der Waals surface area contributed by atoms with Crippen molar-refractivity contribution in [1.82, 2.24) is 15.3 Å². The van der Waals surface area contributed by atoms with Gasteiger partial charge in [0.1, 0.15) is 23.9 Å². The van der Waals surface area contributed by atoms with E-state index in [-0.39, 0.29) is 22.6 Å². The monoisotopic (exact) mass is 459 g/mol. The van der Waals surface area contributed by atoms with Crippen LogP contribution in [0.15, 0.2) is 42.7 Å². The van der Waals surface area contributed by atoms with E-state index in [1.54, 1.807) is 11.0 Å². The van der Waals surface area contributed by atoms with Crippen LogP contribution in [0.3, 0.4) is 0 Å². The first-order valence-electron chi connectivity index (χ1n) is 12.9. The van der Waals surface area contributed by atoms with Crippen LogP contribution >= 0.6 is 0 Å². The molecular weight excluding hydrogens is 422 g/mol. The highest BCUT2D eigenvalue weighted by atomic mass is 16.2. The average molecular weight is 460 g/mol. The van der Waals surface area contributed by atoms with Crippen molar-refractivity contribution in [2.45, 2.75) is 77.0 Å². The lowest BCUT2D eigenvalue weighted by Gasteiger charge is -2.48. The van der Waals surface area contributed by atoms with E-state index in [1.165, 1.54) is 31.2 Å². The Bertz CT molecular complexity index is 1000. The van der Waals surface area contributed by atoms with Crippen LogP contribution < -0.4 is 10.2 Å². The number of carbonyl (C=O) groups is 1. The molecule has 6 nitrogen and oxygen atoms in total. The summed E-state index contributed by atoms with van der Waals surface area (Å²) in [5.41, 5.74) is 1.95. The van der Waals surface area contributed by atoms with Crippen LogP contribution in [-0.2, 0) is 5.41 Å². The predicted molar refractivity (Wildman–Crippen MR) is 134 cm³/mol. The molecule has 2 saturated carbocycles. The number of urea groups is 1. The fourth-order valence-corrected chi connectivity index (χ4v) is 5.69. The quantitative estimate of drug-likeness (QED) is 0.526. The number of aromatic nitrogens is 2. The van der Waals surface area contributed by atoms with E-state index in [0.29, 0.717) is 24.8 Å². The molecule has 1 N–H and O–H groups in total. The largest absolute Gasteiger partial charge is 0.337 e. The lowest BCUT2D eigenvalue weighted by atomic mass is 9.59. The second-order valence-electron chi connectivity index (χ2n) is 10.3. The van der Waals surface area contributed by atoms with Gasteiger partial charge in [-0.15, -0.1) is 0 Å². The van der Waals surface area contributed by atoms with Gasteiger partial charge in [0.2, 0.25) is 0 Å². The molecule has 6 heteroatoms. The van der Waals surface area contributed by atoms with Crippen molar-refractivity contribution in [1.29, 1.82) is 5.26 Å². The van der Waals surface area contributed by atoms with Crippen molar-refractivity contribution in [2.24, 2.45) is 11.3 Å². The maximum Gasteiger partial charge on any atom is 0.323 e. The van der Waals surface area contributed by atoms with Crippen LogP contribution in [0.4, 0.5) is 10.6 Å². The minimum absolute atomic E-state index is 0.0268. The summed E-state index contributed by atoms with van der Waals surface area (Å²) in [4.78, 5) is 23.6. The van der Waals surface area contributed by atoms with Crippen LogP contribution in [-0.4, -0.2) is 29.1 Å². The number of nitrogens with zero attached hydrogens (tertiary/aromatic N) is 4. The van der Waals surface area contributed by atoms with E-state index < -0.39 is 0 Å². The van der Waals surface area contributed by atoms with Gasteiger partial charge in [0.25, 0.3) is 0 Å². The number of carbonyl (C=O) groups excluding carboxylic acids is 1. The van der Waals surface area contributed by atoms with E-state index in [4.69, 9.17) is 0 Å². The fourth-order valence-electron chi connectivity index (χ4n) is 5.69. The van der Waals surface area contributed by atoms with Gasteiger partial charge in [0, 0.05) is 19.2 Å². The molecule has 0 unspecified atom stereocenters. The minimum atomic E-state index is -0.113. The highest BCUT2D eigenvalue weighted by Crippen LogP contribution is 2.50. The summed E-state index contributed by atoms with van der Waals surface area (Å²) in [6.45, 7) is 5.86. The van der Waals surface area contributed by atoms with Gasteiger partial charge in [-0.2, -0.15) is 5.26 Å². The summed E-state index contributed by atoms with van der Waals surface area (Å²) in [6.07, 6.45) is 11.5. The molecule has 0 saturated heterocycles. The van der Waals surface area contributed by atoms with Gasteiger partial charge in [0.15, 0.2) is 0 Å². The molecule has 0 aliphatic heterocycles. The summed E-state index contributed by atoms with van der Waals surface area (Å²) in [5, 5.41) is 12.5.